The second kappa shape index (κ2) is 12.8. The molecule has 0 atom stereocenters. The predicted octanol–water partition coefficient (Wildman–Crippen LogP) is 8.25. The van der Waals surface area contributed by atoms with Gasteiger partial charge in [-0.15, -0.1) is 11.6 Å². The highest BCUT2D eigenvalue weighted by atomic mass is 127. The lowest BCUT2D eigenvalue weighted by Gasteiger charge is -2.06. The maximum absolute atomic E-state index is 5.69. The van der Waals surface area contributed by atoms with Crippen molar-refractivity contribution in [2.75, 3.05) is 5.88 Å². The van der Waals surface area contributed by atoms with E-state index in [-0.39, 0.29) is 0 Å². The molecule has 0 aliphatic carbocycles. The van der Waals surface area contributed by atoms with Crippen LogP contribution < -0.4 is 0 Å². The molecule has 25 heavy (non-hydrogen) atoms. The molecule has 2 aromatic carbocycles. The van der Waals surface area contributed by atoms with Gasteiger partial charge in [0.05, 0.1) is 0 Å². The van der Waals surface area contributed by atoms with E-state index in [2.05, 4.69) is 71.1 Å². The number of alkyl halides is 1. The molecular weight excluding hydrogens is 439 g/mol. The molecule has 0 saturated heterocycles. The Labute approximate surface area is 172 Å². The van der Waals surface area contributed by atoms with E-state index in [1.165, 1.54) is 84.5 Å². The number of rotatable bonds is 12. The fourth-order valence-corrected chi connectivity index (χ4v) is 3.72. The third-order valence-electron chi connectivity index (χ3n) is 4.73. The lowest BCUT2D eigenvalue weighted by Crippen LogP contribution is -1.87. The third kappa shape index (κ3) is 8.59. The normalized spacial score (nSPS) is 11.0. The van der Waals surface area contributed by atoms with Gasteiger partial charge in [-0.1, -0.05) is 81.3 Å². The minimum absolute atomic E-state index is 0.825. The van der Waals surface area contributed by atoms with Gasteiger partial charge in [-0.3, -0.25) is 0 Å². The van der Waals surface area contributed by atoms with Crippen molar-refractivity contribution in [2.45, 2.75) is 64.2 Å². The van der Waals surface area contributed by atoms with Crippen molar-refractivity contribution in [3.63, 3.8) is 0 Å². The van der Waals surface area contributed by atoms with E-state index in [1.54, 1.807) is 0 Å². The summed E-state index contributed by atoms with van der Waals surface area (Å²) in [5.41, 5.74) is 4.09. The monoisotopic (exact) mass is 468 g/mol. The summed E-state index contributed by atoms with van der Waals surface area (Å²) >= 11 is 8.04. The molecule has 0 aromatic heterocycles. The highest BCUT2D eigenvalue weighted by Crippen LogP contribution is 2.21. The number of hydrogen-bond donors (Lipinski definition) is 0. The molecule has 0 spiro atoms. The molecule has 0 saturated carbocycles. The number of hydrogen-bond acceptors (Lipinski definition) is 0. The van der Waals surface area contributed by atoms with E-state index in [0.717, 1.165) is 5.88 Å². The fourth-order valence-electron chi connectivity index (χ4n) is 3.17. The first-order valence-corrected chi connectivity index (χ1v) is 11.3. The molecule has 0 N–H and O–H groups in total. The minimum atomic E-state index is 0.825. The Morgan fingerprint density at radius 3 is 1.52 bits per heavy atom. The van der Waals surface area contributed by atoms with Crippen molar-refractivity contribution in [1.29, 1.82) is 0 Å². The van der Waals surface area contributed by atoms with Crippen LogP contribution in [0.15, 0.2) is 48.5 Å². The second-order valence-electron chi connectivity index (χ2n) is 6.82. The number of benzene rings is 2. The van der Waals surface area contributed by atoms with Crippen LogP contribution in [0.1, 0.15) is 63.4 Å². The van der Waals surface area contributed by atoms with Crippen LogP contribution in [0.5, 0.6) is 0 Å². The van der Waals surface area contributed by atoms with Crippen LogP contribution in [0.2, 0.25) is 0 Å². The average molecular weight is 469 g/mol. The van der Waals surface area contributed by atoms with Gasteiger partial charge >= 0.3 is 0 Å². The van der Waals surface area contributed by atoms with Crippen LogP contribution in [-0.4, -0.2) is 5.88 Å². The van der Waals surface area contributed by atoms with Gasteiger partial charge in [-0.25, -0.2) is 0 Å². The van der Waals surface area contributed by atoms with Crippen molar-refractivity contribution in [3.8, 4) is 11.1 Å². The smallest absolute Gasteiger partial charge is 0.0223 e. The molecule has 0 bridgehead atoms. The van der Waals surface area contributed by atoms with Gasteiger partial charge in [-0.05, 0) is 70.7 Å². The Bertz CT molecular complexity index is 574. The summed E-state index contributed by atoms with van der Waals surface area (Å²) in [6.45, 7) is 0. The Morgan fingerprint density at radius 1 is 0.560 bits per heavy atom. The van der Waals surface area contributed by atoms with Crippen molar-refractivity contribution in [3.05, 3.63) is 57.7 Å². The van der Waals surface area contributed by atoms with Crippen LogP contribution >= 0.6 is 34.2 Å². The number of unbranched alkanes of at least 4 members (excludes halogenated alkanes) is 8. The van der Waals surface area contributed by atoms with Gasteiger partial charge in [-0.2, -0.15) is 0 Å². The summed E-state index contributed by atoms with van der Waals surface area (Å²) in [5.74, 6) is 0.825. The van der Waals surface area contributed by atoms with Crippen LogP contribution in [-0.2, 0) is 6.42 Å². The van der Waals surface area contributed by atoms with Crippen molar-refractivity contribution in [2.24, 2.45) is 0 Å². The van der Waals surface area contributed by atoms with Gasteiger partial charge in [0.1, 0.15) is 0 Å². The molecule has 136 valence electrons. The topological polar surface area (TPSA) is 0 Å². The largest absolute Gasteiger partial charge is 0.127 e. The number of halogens is 2. The fraction of sp³-hybridized carbons (Fsp3) is 0.478. The molecular formula is C23H30ClI. The maximum Gasteiger partial charge on any atom is 0.0223 e. The lowest BCUT2D eigenvalue weighted by molar-refractivity contribution is 0.565. The van der Waals surface area contributed by atoms with Crippen molar-refractivity contribution >= 4 is 34.2 Å². The van der Waals surface area contributed by atoms with Crippen LogP contribution in [0.4, 0.5) is 0 Å². The quantitative estimate of drug-likeness (QED) is 0.167. The van der Waals surface area contributed by atoms with Gasteiger partial charge in [0, 0.05) is 9.45 Å². The van der Waals surface area contributed by atoms with E-state index in [1.807, 2.05) is 0 Å². The standard InChI is InChI=1S/C23H30ClI/c24-19-9-7-5-3-1-2-4-6-8-10-20-11-13-21(14-12-20)22-15-17-23(25)18-16-22/h11-18H,1-10,19H2. The molecule has 2 aromatic rings. The van der Waals surface area contributed by atoms with Gasteiger partial charge in [0.15, 0.2) is 0 Å². The first kappa shape index (κ1) is 20.8. The first-order valence-electron chi connectivity index (χ1n) is 9.70. The first-order chi connectivity index (χ1) is 12.3. The summed E-state index contributed by atoms with van der Waals surface area (Å²) < 4.78 is 1.29. The van der Waals surface area contributed by atoms with Gasteiger partial charge in [0.25, 0.3) is 0 Å². The molecule has 0 unspecified atom stereocenters. The van der Waals surface area contributed by atoms with E-state index < -0.39 is 0 Å². The summed E-state index contributed by atoms with van der Waals surface area (Å²) in [5, 5.41) is 0. The zero-order chi connectivity index (χ0) is 17.7. The Morgan fingerprint density at radius 2 is 1.00 bits per heavy atom. The Hall–Kier alpha value is -0.540. The molecule has 0 nitrogen and oxygen atoms in total. The molecule has 0 radical (unpaired) electrons. The Balaban J connectivity index is 1.58. The van der Waals surface area contributed by atoms with Crippen molar-refractivity contribution in [1.82, 2.24) is 0 Å². The van der Waals surface area contributed by atoms with Crippen LogP contribution in [0, 0.1) is 3.57 Å². The maximum atomic E-state index is 5.69. The molecule has 0 amide bonds. The van der Waals surface area contributed by atoms with Gasteiger partial charge in [0.2, 0.25) is 0 Å². The van der Waals surface area contributed by atoms with E-state index in [9.17, 15) is 0 Å². The van der Waals surface area contributed by atoms with Crippen LogP contribution in [0.3, 0.4) is 0 Å². The van der Waals surface area contributed by atoms with E-state index >= 15 is 0 Å². The summed E-state index contributed by atoms with van der Waals surface area (Å²) in [6, 6.07) is 17.9. The highest BCUT2D eigenvalue weighted by Gasteiger charge is 1.99. The van der Waals surface area contributed by atoms with E-state index in [4.69, 9.17) is 11.6 Å². The Kier molecular flexibility index (Phi) is 10.6. The summed E-state index contributed by atoms with van der Waals surface area (Å²) in [6.07, 6.45) is 13.3. The summed E-state index contributed by atoms with van der Waals surface area (Å²) in [4.78, 5) is 0. The average Bonchev–Trinajstić information content (AvgIpc) is 2.64. The number of aryl methyl sites for hydroxylation is 1. The highest BCUT2D eigenvalue weighted by molar-refractivity contribution is 14.1. The van der Waals surface area contributed by atoms with Crippen LogP contribution in [0.25, 0.3) is 11.1 Å². The predicted molar refractivity (Wildman–Crippen MR) is 121 cm³/mol. The lowest BCUT2D eigenvalue weighted by atomic mass is 10.0. The zero-order valence-electron chi connectivity index (χ0n) is 15.2. The molecule has 0 heterocycles. The second-order valence-corrected chi connectivity index (χ2v) is 8.45. The summed E-state index contributed by atoms with van der Waals surface area (Å²) in [7, 11) is 0. The van der Waals surface area contributed by atoms with Gasteiger partial charge < -0.3 is 0 Å². The minimum Gasteiger partial charge on any atom is -0.127 e. The third-order valence-corrected chi connectivity index (χ3v) is 5.72. The molecule has 0 aliphatic heterocycles. The van der Waals surface area contributed by atoms with E-state index in [0.29, 0.717) is 0 Å². The molecule has 0 aliphatic rings. The molecule has 2 rings (SSSR count). The molecule has 0 fully saturated rings. The van der Waals surface area contributed by atoms with Crippen molar-refractivity contribution < 1.29 is 0 Å². The molecule has 2 heteroatoms. The SMILES string of the molecule is ClCCCCCCCCCCCc1ccc(-c2ccc(I)cc2)cc1. The zero-order valence-corrected chi connectivity index (χ0v) is 18.1.